The number of fused-ring (bicyclic) bond motifs is 1. The lowest BCUT2D eigenvalue weighted by atomic mass is 10.1. The van der Waals surface area contributed by atoms with Gasteiger partial charge in [0, 0.05) is 16.0 Å². The zero-order chi connectivity index (χ0) is 16.4. The third kappa shape index (κ3) is 3.24. The lowest BCUT2D eigenvalue weighted by molar-refractivity contribution is -0.306. The van der Waals surface area contributed by atoms with Crippen LogP contribution in [0.4, 0.5) is 5.82 Å². The van der Waals surface area contributed by atoms with Gasteiger partial charge in [-0.15, -0.1) is 0 Å². The molecule has 0 fully saturated rings. The molecule has 1 aromatic heterocycles. The standard InChI is InChI=1S/C17H14ClN3O2/c1-10(17(22)23)19-16-13-4-2-3-5-14(13)20-15(21-16)11-6-8-12(18)9-7-11/h2-10H,1H3,(H,22,23)(H,19,20,21)/p-1/t10-/m0/s1. The predicted octanol–water partition coefficient (Wildman–Crippen LogP) is 2.50. The molecular weight excluding hydrogens is 314 g/mol. The molecule has 3 rings (SSSR count). The molecule has 0 aliphatic carbocycles. The van der Waals surface area contributed by atoms with E-state index >= 15 is 0 Å². The largest absolute Gasteiger partial charge is 0.548 e. The fraction of sp³-hybridized carbons (Fsp3) is 0.118. The Labute approximate surface area is 138 Å². The van der Waals surface area contributed by atoms with E-state index in [2.05, 4.69) is 15.3 Å². The van der Waals surface area contributed by atoms with Crippen LogP contribution in [-0.4, -0.2) is 22.0 Å². The van der Waals surface area contributed by atoms with E-state index in [1.165, 1.54) is 6.92 Å². The molecule has 5 nitrogen and oxygen atoms in total. The maximum Gasteiger partial charge on any atom is 0.162 e. The van der Waals surface area contributed by atoms with Crippen molar-refractivity contribution in [3.63, 3.8) is 0 Å². The van der Waals surface area contributed by atoms with Crippen LogP contribution < -0.4 is 10.4 Å². The third-order valence-corrected chi connectivity index (χ3v) is 3.66. The number of carbonyl (C=O) groups is 1. The Balaban J connectivity index is 2.13. The summed E-state index contributed by atoms with van der Waals surface area (Å²) in [4.78, 5) is 20.0. The summed E-state index contributed by atoms with van der Waals surface area (Å²) >= 11 is 5.90. The zero-order valence-electron chi connectivity index (χ0n) is 12.3. The van der Waals surface area contributed by atoms with Crippen molar-refractivity contribution < 1.29 is 9.90 Å². The molecule has 0 unspecified atom stereocenters. The summed E-state index contributed by atoms with van der Waals surface area (Å²) in [5.74, 6) is -0.244. The van der Waals surface area contributed by atoms with Crippen LogP contribution in [0.3, 0.4) is 0 Å². The number of halogens is 1. The number of carboxylic acids is 1. The lowest BCUT2D eigenvalue weighted by Gasteiger charge is -2.17. The van der Waals surface area contributed by atoms with E-state index in [0.717, 1.165) is 16.5 Å². The second-order valence-corrected chi connectivity index (χ2v) is 5.54. The van der Waals surface area contributed by atoms with Crippen LogP contribution in [0.2, 0.25) is 5.02 Å². The maximum atomic E-state index is 11.0. The minimum absolute atomic E-state index is 0.456. The summed E-state index contributed by atoms with van der Waals surface area (Å²) in [5.41, 5.74) is 1.52. The van der Waals surface area contributed by atoms with E-state index in [4.69, 9.17) is 11.6 Å². The van der Waals surface area contributed by atoms with Crippen LogP contribution in [0.15, 0.2) is 48.5 Å². The number of benzene rings is 2. The summed E-state index contributed by atoms with van der Waals surface area (Å²) in [5, 5.41) is 15.2. The molecule has 0 radical (unpaired) electrons. The van der Waals surface area contributed by atoms with Crippen LogP contribution in [0.1, 0.15) is 6.92 Å². The van der Waals surface area contributed by atoms with E-state index < -0.39 is 12.0 Å². The number of nitrogens with zero attached hydrogens (tertiary/aromatic N) is 2. The Morgan fingerprint density at radius 2 is 1.83 bits per heavy atom. The van der Waals surface area contributed by atoms with Gasteiger partial charge in [-0.2, -0.15) is 0 Å². The number of aliphatic carboxylic acids is 1. The van der Waals surface area contributed by atoms with Gasteiger partial charge in [0.25, 0.3) is 0 Å². The summed E-state index contributed by atoms with van der Waals surface area (Å²) in [6.45, 7) is 1.51. The Morgan fingerprint density at radius 3 is 2.52 bits per heavy atom. The number of anilines is 1. The summed E-state index contributed by atoms with van der Waals surface area (Å²) < 4.78 is 0. The monoisotopic (exact) mass is 326 g/mol. The minimum Gasteiger partial charge on any atom is -0.548 e. The van der Waals surface area contributed by atoms with Gasteiger partial charge >= 0.3 is 0 Å². The van der Waals surface area contributed by atoms with Crippen LogP contribution in [0.5, 0.6) is 0 Å². The zero-order valence-corrected chi connectivity index (χ0v) is 13.0. The van der Waals surface area contributed by atoms with Gasteiger partial charge in [0.1, 0.15) is 5.82 Å². The lowest BCUT2D eigenvalue weighted by Crippen LogP contribution is -2.38. The second kappa shape index (κ2) is 6.22. The third-order valence-electron chi connectivity index (χ3n) is 3.41. The molecule has 0 bridgehead atoms. The van der Waals surface area contributed by atoms with Crippen molar-refractivity contribution >= 4 is 34.3 Å². The molecule has 0 saturated heterocycles. The van der Waals surface area contributed by atoms with Crippen LogP contribution >= 0.6 is 11.6 Å². The topological polar surface area (TPSA) is 77.9 Å². The van der Waals surface area contributed by atoms with Crippen molar-refractivity contribution in [2.45, 2.75) is 13.0 Å². The number of aromatic nitrogens is 2. The Hall–Kier alpha value is -2.66. The number of nitrogens with one attached hydrogen (secondary N) is 1. The quantitative estimate of drug-likeness (QED) is 0.797. The fourth-order valence-electron chi connectivity index (χ4n) is 2.18. The van der Waals surface area contributed by atoms with Crippen LogP contribution in [-0.2, 0) is 4.79 Å². The number of hydrogen-bond acceptors (Lipinski definition) is 5. The van der Waals surface area contributed by atoms with Crippen molar-refractivity contribution in [2.24, 2.45) is 0 Å². The van der Waals surface area contributed by atoms with E-state index in [1.54, 1.807) is 12.1 Å². The number of rotatable bonds is 4. The Morgan fingerprint density at radius 1 is 1.13 bits per heavy atom. The smallest absolute Gasteiger partial charge is 0.162 e. The number of para-hydroxylation sites is 1. The maximum absolute atomic E-state index is 11.0. The molecule has 1 N–H and O–H groups in total. The van der Waals surface area contributed by atoms with Gasteiger partial charge in [-0.1, -0.05) is 23.7 Å². The first-order chi connectivity index (χ1) is 11.0. The average Bonchev–Trinajstić information content (AvgIpc) is 2.55. The van der Waals surface area contributed by atoms with Crippen molar-refractivity contribution in [3.8, 4) is 11.4 Å². The number of carbonyl (C=O) groups excluding carboxylic acids is 1. The van der Waals surface area contributed by atoms with Gasteiger partial charge in [-0.3, -0.25) is 0 Å². The highest BCUT2D eigenvalue weighted by atomic mass is 35.5. The van der Waals surface area contributed by atoms with Gasteiger partial charge in [0.15, 0.2) is 5.82 Å². The normalized spacial score (nSPS) is 12.1. The average molecular weight is 327 g/mol. The van der Waals surface area contributed by atoms with Crippen LogP contribution in [0.25, 0.3) is 22.3 Å². The molecule has 0 saturated carbocycles. The molecule has 23 heavy (non-hydrogen) atoms. The highest BCUT2D eigenvalue weighted by molar-refractivity contribution is 6.30. The summed E-state index contributed by atoms with van der Waals surface area (Å²) in [7, 11) is 0. The highest BCUT2D eigenvalue weighted by Gasteiger charge is 2.11. The fourth-order valence-corrected chi connectivity index (χ4v) is 2.30. The predicted molar refractivity (Wildman–Crippen MR) is 88.1 cm³/mol. The van der Waals surface area contributed by atoms with Gasteiger partial charge in [-0.05, 0) is 43.3 Å². The van der Waals surface area contributed by atoms with Gasteiger partial charge < -0.3 is 15.2 Å². The van der Waals surface area contributed by atoms with Crippen LogP contribution in [0, 0.1) is 0 Å². The Bertz CT molecular complexity index is 865. The second-order valence-electron chi connectivity index (χ2n) is 5.10. The van der Waals surface area contributed by atoms with Crippen molar-refractivity contribution in [1.29, 1.82) is 0 Å². The van der Waals surface area contributed by atoms with E-state index in [0.29, 0.717) is 16.7 Å². The molecule has 116 valence electrons. The molecule has 0 aliphatic heterocycles. The molecule has 1 atom stereocenters. The first-order valence-corrected chi connectivity index (χ1v) is 7.42. The van der Waals surface area contributed by atoms with E-state index in [9.17, 15) is 9.90 Å². The van der Waals surface area contributed by atoms with Crippen molar-refractivity contribution in [2.75, 3.05) is 5.32 Å². The molecule has 0 amide bonds. The number of hydrogen-bond donors (Lipinski definition) is 1. The van der Waals surface area contributed by atoms with Gasteiger partial charge in [-0.25, -0.2) is 9.97 Å². The number of carboxylic acid groups (broad SMARTS) is 1. The van der Waals surface area contributed by atoms with Crippen molar-refractivity contribution in [3.05, 3.63) is 53.6 Å². The van der Waals surface area contributed by atoms with E-state index in [-0.39, 0.29) is 0 Å². The minimum atomic E-state index is -1.19. The van der Waals surface area contributed by atoms with E-state index in [1.807, 2.05) is 36.4 Å². The molecule has 0 aliphatic rings. The summed E-state index contributed by atoms with van der Waals surface area (Å²) in [6, 6.07) is 13.7. The molecule has 0 spiro atoms. The highest BCUT2D eigenvalue weighted by Crippen LogP contribution is 2.26. The molecule has 3 aromatic rings. The molecule has 1 heterocycles. The first kappa shape index (κ1) is 15.2. The first-order valence-electron chi connectivity index (χ1n) is 7.05. The molecule has 2 aromatic carbocycles. The van der Waals surface area contributed by atoms with Crippen molar-refractivity contribution in [1.82, 2.24) is 9.97 Å². The Kier molecular flexibility index (Phi) is 4.12. The molecule has 6 heteroatoms. The SMILES string of the molecule is C[C@H](Nc1nc(-c2ccc(Cl)cc2)nc2ccccc12)C(=O)[O-]. The molecular formula is C17H13ClN3O2-. The summed E-state index contributed by atoms with van der Waals surface area (Å²) in [6.07, 6.45) is 0. The van der Waals surface area contributed by atoms with Gasteiger partial charge in [0.2, 0.25) is 0 Å². The van der Waals surface area contributed by atoms with Gasteiger partial charge in [0.05, 0.1) is 17.5 Å².